The fraction of sp³-hybridized carbons (Fsp3) is 0.378. The molecule has 11 nitrogen and oxygen atoms in total. The third-order valence-electron chi connectivity index (χ3n) is 9.29. The first-order valence-corrected chi connectivity index (χ1v) is 16.5. The van der Waals surface area contributed by atoms with Crippen molar-refractivity contribution in [3.63, 3.8) is 0 Å². The first-order valence-electron chi connectivity index (χ1n) is 16.5. The van der Waals surface area contributed by atoms with Crippen molar-refractivity contribution < 1.29 is 23.8 Å². The highest BCUT2D eigenvalue weighted by Crippen LogP contribution is 2.45. The minimum atomic E-state index is -0.740. The summed E-state index contributed by atoms with van der Waals surface area (Å²) < 4.78 is 26.9. The number of anilines is 1. The van der Waals surface area contributed by atoms with Gasteiger partial charge in [0.15, 0.2) is 35.3 Å². The first-order chi connectivity index (χ1) is 23.5. The van der Waals surface area contributed by atoms with Gasteiger partial charge in [0.1, 0.15) is 24.6 Å². The summed E-state index contributed by atoms with van der Waals surface area (Å²) in [7, 11) is 1.64. The zero-order chi connectivity index (χ0) is 32.7. The Balaban J connectivity index is 1.12. The van der Waals surface area contributed by atoms with Crippen molar-refractivity contribution in [2.24, 2.45) is 0 Å². The van der Waals surface area contributed by atoms with Gasteiger partial charge in [-0.3, -0.25) is 9.40 Å². The van der Waals surface area contributed by atoms with E-state index >= 15 is 0 Å². The molecule has 6 atom stereocenters. The summed E-state index contributed by atoms with van der Waals surface area (Å²) in [5, 5.41) is 2.01. The normalized spacial score (nSPS) is 26.6. The third-order valence-corrected chi connectivity index (χ3v) is 9.29. The molecule has 0 N–H and O–H groups in total. The summed E-state index contributed by atoms with van der Waals surface area (Å²) in [4.78, 5) is 23.4. The summed E-state index contributed by atoms with van der Waals surface area (Å²) in [5.41, 5.74) is 4.92. The van der Waals surface area contributed by atoms with Crippen LogP contribution in [0.25, 0.3) is 11.2 Å². The number of imidazole rings is 1. The molecule has 5 heterocycles. The molecule has 0 radical (unpaired) electrons. The lowest BCUT2D eigenvalue weighted by Gasteiger charge is -2.30. The van der Waals surface area contributed by atoms with Crippen LogP contribution in [0.4, 0.5) is 5.82 Å². The number of aromatic nitrogens is 4. The molecule has 3 fully saturated rings. The summed E-state index contributed by atoms with van der Waals surface area (Å²) in [6.07, 6.45) is 2.13. The maximum Gasteiger partial charge on any atom is 0.186 e. The third kappa shape index (κ3) is 6.09. The number of methoxy groups -OCH3 is 1. The lowest BCUT2D eigenvalue weighted by molar-refractivity contribution is -0.249. The molecule has 2 aromatic heterocycles. The Bertz CT molecular complexity index is 1780. The molecule has 0 saturated carbocycles. The van der Waals surface area contributed by atoms with Gasteiger partial charge in [-0.25, -0.2) is 15.0 Å². The molecule has 0 unspecified atom stereocenters. The SMILES string of the molecule is CO[C@H]1O[C@H]([C@H]2C[C@H](n3cnc4c(N(Cc5ccccc5)Cc5ccccc5)ncnc43)ON2Cc2ccccc2)[C@@H]2OC(C)(C)O[C@H]12. The van der Waals surface area contributed by atoms with Crippen LogP contribution in [0.1, 0.15) is 43.2 Å². The Labute approximate surface area is 279 Å². The van der Waals surface area contributed by atoms with Gasteiger partial charge < -0.3 is 23.8 Å². The summed E-state index contributed by atoms with van der Waals surface area (Å²) >= 11 is 0. The second kappa shape index (κ2) is 13.0. The number of nitrogens with zero attached hydrogens (tertiary/aromatic N) is 6. The average Bonchev–Trinajstić information content (AvgIpc) is 3.87. The molecule has 3 aliphatic rings. The highest BCUT2D eigenvalue weighted by Gasteiger charge is 2.59. The average molecular weight is 649 g/mol. The maximum absolute atomic E-state index is 6.77. The largest absolute Gasteiger partial charge is 0.353 e. The van der Waals surface area contributed by atoms with Crippen LogP contribution in [0.2, 0.25) is 0 Å². The molecule has 3 saturated heterocycles. The van der Waals surface area contributed by atoms with Gasteiger partial charge in [-0.05, 0) is 30.5 Å². The van der Waals surface area contributed by atoms with Crippen molar-refractivity contribution in [3.05, 3.63) is 120 Å². The molecular formula is C37H40N6O5. The van der Waals surface area contributed by atoms with E-state index in [1.165, 1.54) is 11.1 Å². The first kappa shape index (κ1) is 31.1. The van der Waals surface area contributed by atoms with E-state index in [9.17, 15) is 0 Å². The van der Waals surface area contributed by atoms with E-state index in [1.54, 1.807) is 13.4 Å². The topological polar surface area (TPSA) is 96.2 Å². The minimum absolute atomic E-state index is 0.160. The predicted molar refractivity (Wildman–Crippen MR) is 178 cm³/mol. The Hall–Kier alpha value is -4.23. The number of benzene rings is 3. The van der Waals surface area contributed by atoms with E-state index in [-0.39, 0.29) is 30.6 Å². The molecule has 5 aromatic rings. The number of hydroxylamine groups is 2. The zero-order valence-electron chi connectivity index (χ0n) is 27.3. The van der Waals surface area contributed by atoms with Crippen molar-refractivity contribution in [3.8, 4) is 0 Å². The van der Waals surface area contributed by atoms with Gasteiger partial charge >= 0.3 is 0 Å². The second-order valence-electron chi connectivity index (χ2n) is 13.0. The monoisotopic (exact) mass is 648 g/mol. The maximum atomic E-state index is 6.77. The van der Waals surface area contributed by atoms with Gasteiger partial charge in [0, 0.05) is 33.2 Å². The summed E-state index contributed by atoms with van der Waals surface area (Å²) in [6, 6.07) is 31.0. The van der Waals surface area contributed by atoms with E-state index in [4.69, 9.17) is 38.7 Å². The van der Waals surface area contributed by atoms with Gasteiger partial charge in [0.2, 0.25) is 0 Å². The zero-order valence-corrected chi connectivity index (χ0v) is 27.3. The van der Waals surface area contributed by atoms with Gasteiger partial charge in [-0.15, -0.1) is 0 Å². The lowest BCUT2D eigenvalue weighted by Crippen LogP contribution is -2.45. The molecule has 11 heteroatoms. The van der Waals surface area contributed by atoms with Crippen LogP contribution in [0.15, 0.2) is 104 Å². The van der Waals surface area contributed by atoms with Crippen LogP contribution in [0.3, 0.4) is 0 Å². The van der Waals surface area contributed by atoms with E-state index in [0.717, 1.165) is 16.9 Å². The van der Waals surface area contributed by atoms with Gasteiger partial charge in [0.05, 0.1) is 12.4 Å². The molecule has 8 rings (SSSR count). The van der Waals surface area contributed by atoms with E-state index in [0.29, 0.717) is 31.7 Å². The Morgan fingerprint density at radius 1 is 0.792 bits per heavy atom. The molecule has 0 aliphatic carbocycles. The van der Waals surface area contributed by atoms with E-state index < -0.39 is 12.1 Å². The Morgan fingerprint density at radius 2 is 1.42 bits per heavy atom. The van der Waals surface area contributed by atoms with Crippen molar-refractivity contribution in [2.75, 3.05) is 12.0 Å². The van der Waals surface area contributed by atoms with Crippen molar-refractivity contribution >= 4 is 17.0 Å². The van der Waals surface area contributed by atoms with E-state index in [2.05, 4.69) is 65.6 Å². The second-order valence-corrected chi connectivity index (χ2v) is 13.0. The van der Waals surface area contributed by atoms with E-state index in [1.807, 2.05) is 60.1 Å². The van der Waals surface area contributed by atoms with Crippen molar-refractivity contribution in [1.29, 1.82) is 0 Å². The smallest absolute Gasteiger partial charge is 0.186 e. The lowest BCUT2D eigenvalue weighted by atomic mass is 10.00. The predicted octanol–water partition coefficient (Wildman–Crippen LogP) is 5.63. The number of fused-ring (bicyclic) bond motifs is 2. The van der Waals surface area contributed by atoms with Crippen LogP contribution in [-0.4, -0.2) is 68.1 Å². The van der Waals surface area contributed by atoms with Crippen LogP contribution < -0.4 is 4.90 Å². The van der Waals surface area contributed by atoms with Crippen molar-refractivity contribution in [2.45, 2.75) is 82.6 Å². The molecule has 248 valence electrons. The van der Waals surface area contributed by atoms with Gasteiger partial charge in [-0.1, -0.05) is 91.0 Å². The summed E-state index contributed by atoms with van der Waals surface area (Å²) in [5.74, 6) is 0.0297. The Kier molecular flexibility index (Phi) is 8.41. The highest BCUT2D eigenvalue weighted by atomic mass is 16.8. The molecule has 0 bridgehead atoms. The van der Waals surface area contributed by atoms with Crippen LogP contribution in [0, 0.1) is 0 Å². The van der Waals surface area contributed by atoms with Crippen LogP contribution >= 0.6 is 0 Å². The Morgan fingerprint density at radius 3 is 2.06 bits per heavy atom. The molecule has 3 aromatic carbocycles. The molecule has 3 aliphatic heterocycles. The highest BCUT2D eigenvalue weighted by molar-refractivity contribution is 5.83. The molecule has 0 spiro atoms. The molecule has 48 heavy (non-hydrogen) atoms. The minimum Gasteiger partial charge on any atom is -0.353 e. The number of ether oxygens (including phenoxy) is 4. The fourth-order valence-electron chi connectivity index (χ4n) is 7.17. The fourth-order valence-corrected chi connectivity index (χ4v) is 7.17. The van der Waals surface area contributed by atoms with Gasteiger partial charge in [0.25, 0.3) is 0 Å². The van der Waals surface area contributed by atoms with Gasteiger partial charge in [-0.2, -0.15) is 5.06 Å². The molecule has 0 amide bonds. The van der Waals surface area contributed by atoms with Crippen LogP contribution in [0.5, 0.6) is 0 Å². The molecular weight excluding hydrogens is 608 g/mol. The number of hydrogen-bond donors (Lipinski definition) is 0. The quantitative estimate of drug-likeness (QED) is 0.190. The van der Waals surface area contributed by atoms with Crippen LogP contribution in [-0.2, 0) is 43.4 Å². The number of rotatable bonds is 10. The standard InChI is InChI=1S/C37H40N6O5/c1-37(2)46-32-31(45-36(44-3)33(32)47-37)28-19-29(48-43(28)22-27-17-11-6-12-18-27)42-24-40-30-34(38-23-39-35(30)42)41(20-25-13-7-4-8-14-25)21-26-15-9-5-10-16-26/h4-18,23-24,28-29,31-33,36H,19-22H2,1-3H3/t28-,29-,31-,32+,33+,36+/m1/s1. The summed E-state index contributed by atoms with van der Waals surface area (Å²) in [6.45, 7) is 5.76. The van der Waals surface area contributed by atoms with Crippen molar-refractivity contribution in [1.82, 2.24) is 24.6 Å². The number of hydrogen-bond acceptors (Lipinski definition) is 10.